The Kier molecular flexibility index (Phi) is 3.67. The second-order valence-electron chi connectivity index (χ2n) is 6.93. The summed E-state index contributed by atoms with van der Waals surface area (Å²) in [6, 6.07) is 4.44. The standard InChI is InChI=1S/C19H23NO2/c1-11(2)14-9-13-5-6-16(19(13)15(10-14)12(3)4)20-17(21)7-8-18(20)22/h7-12,16H,5-6H2,1-4H3/t16-/m0/s1. The maximum Gasteiger partial charge on any atom is 0.254 e. The maximum atomic E-state index is 12.1. The van der Waals surface area contributed by atoms with Crippen molar-refractivity contribution in [3.8, 4) is 0 Å². The molecule has 116 valence electrons. The second-order valence-corrected chi connectivity index (χ2v) is 6.93. The van der Waals surface area contributed by atoms with Crippen LogP contribution in [0, 0.1) is 0 Å². The zero-order valence-electron chi connectivity index (χ0n) is 13.7. The van der Waals surface area contributed by atoms with Gasteiger partial charge in [0.2, 0.25) is 0 Å². The summed E-state index contributed by atoms with van der Waals surface area (Å²) in [5, 5.41) is 0. The zero-order valence-corrected chi connectivity index (χ0v) is 13.7. The van der Waals surface area contributed by atoms with E-state index in [-0.39, 0.29) is 17.9 Å². The van der Waals surface area contributed by atoms with Crippen LogP contribution in [-0.4, -0.2) is 16.7 Å². The summed E-state index contributed by atoms with van der Waals surface area (Å²) in [4.78, 5) is 25.5. The molecule has 0 saturated heterocycles. The van der Waals surface area contributed by atoms with Gasteiger partial charge in [-0.1, -0.05) is 39.8 Å². The van der Waals surface area contributed by atoms with E-state index in [9.17, 15) is 9.59 Å². The van der Waals surface area contributed by atoms with E-state index in [0.29, 0.717) is 11.8 Å². The zero-order chi connectivity index (χ0) is 16.0. The second kappa shape index (κ2) is 5.38. The van der Waals surface area contributed by atoms with Gasteiger partial charge >= 0.3 is 0 Å². The Morgan fingerprint density at radius 3 is 2.18 bits per heavy atom. The van der Waals surface area contributed by atoms with E-state index in [2.05, 4.69) is 39.8 Å². The lowest BCUT2D eigenvalue weighted by molar-refractivity contribution is -0.139. The summed E-state index contributed by atoms with van der Waals surface area (Å²) in [5.41, 5.74) is 5.16. The first-order valence-corrected chi connectivity index (χ1v) is 8.12. The Balaban J connectivity index is 2.10. The topological polar surface area (TPSA) is 37.4 Å². The number of hydrogen-bond acceptors (Lipinski definition) is 2. The molecule has 3 heteroatoms. The fourth-order valence-corrected chi connectivity index (χ4v) is 3.60. The quantitative estimate of drug-likeness (QED) is 0.795. The van der Waals surface area contributed by atoms with Crippen molar-refractivity contribution in [2.45, 2.75) is 58.4 Å². The van der Waals surface area contributed by atoms with Gasteiger partial charge in [0.1, 0.15) is 0 Å². The van der Waals surface area contributed by atoms with Gasteiger partial charge in [0.15, 0.2) is 0 Å². The van der Waals surface area contributed by atoms with Gasteiger partial charge in [-0.15, -0.1) is 0 Å². The number of carbonyl (C=O) groups excluding carboxylic acids is 2. The monoisotopic (exact) mass is 297 g/mol. The Bertz CT molecular complexity index is 652. The third-order valence-electron chi connectivity index (χ3n) is 4.78. The number of imide groups is 1. The van der Waals surface area contributed by atoms with Crippen LogP contribution in [0.25, 0.3) is 0 Å². The van der Waals surface area contributed by atoms with Crippen LogP contribution in [0.3, 0.4) is 0 Å². The number of aryl methyl sites for hydroxylation is 1. The maximum absolute atomic E-state index is 12.1. The molecule has 0 saturated carbocycles. The molecule has 1 aliphatic carbocycles. The lowest BCUT2D eigenvalue weighted by Gasteiger charge is -2.26. The molecule has 1 aromatic carbocycles. The highest BCUT2D eigenvalue weighted by molar-refractivity contribution is 6.13. The Hall–Kier alpha value is -1.90. The summed E-state index contributed by atoms with van der Waals surface area (Å²) in [5.74, 6) is 0.517. The highest BCUT2D eigenvalue weighted by Crippen LogP contribution is 2.43. The third-order valence-corrected chi connectivity index (χ3v) is 4.78. The minimum atomic E-state index is -0.175. The van der Waals surface area contributed by atoms with Gasteiger partial charge in [0, 0.05) is 12.2 Å². The van der Waals surface area contributed by atoms with Crippen molar-refractivity contribution in [1.82, 2.24) is 4.90 Å². The van der Waals surface area contributed by atoms with Gasteiger partial charge in [0.25, 0.3) is 11.8 Å². The summed E-state index contributed by atoms with van der Waals surface area (Å²) in [6.07, 6.45) is 4.56. The molecule has 0 spiro atoms. The van der Waals surface area contributed by atoms with E-state index in [1.165, 1.54) is 39.3 Å². The number of rotatable bonds is 3. The van der Waals surface area contributed by atoms with Gasteiger partial charge in [-0.25, -0.2) is 0 Å². The molecule has 0 bridgehead atoms. The Labute approximate surface area is 132 Å². The van der Waals surface area contributed by atoms with Crippen LogP contribution in [-0.2, 0) is 16.0 Å². The molecular formula is C19H23NO2. The van der Waals surface area contributed by atoms with Crippen LogP contribution in [0.15, 0.2) is 24.3 Å². The van der Waals surface area contributed by atoms with E-state index >= 15 is 0 Å². The van der Waals surface area contributed by atoms with Gasteiger partial charge in [-0.05, 0) is 46.9 Å². The molecule has 1 heterocycles. The van der Waals surface area contributed by atoms with E-state index in [4.69, 9.17) is 0 Å². The van der Waals surface area contributed by atoms with Crippen molar-refractivity contribution in [3.05, 3.63) is 46.5 Å². The molecule has 0 fully saturated rings. The molecular weight excluding hydrogens is 274 g/mol. The predicted octanol–water partition coefficient (Wildman–Crippen LogP) is 3.85. The normalized spacial score (nSPS) is 20.6. The number of nitrogens with zero attached hydrogens (tertiary/aromatic N) is 1. The number of carbonyl (C=O) groups is 2. The van der Waals surface area contributed by atoms with Crippen molar-refractivity contribution in [2.75, 3.05) is 0 Å². The first-order chi connectivity index (χ1) is 10.4. The van der Waals surface area contributed by atoms with E-state index < -0.39 is 0 Å². The van der Waals surface area contributed by atoms with Crippen LogP contribution < -0.4 is 0 Å². The van der Waals surface area contributed by atoms with Crippen LogP contribution in [0.2, 0.25) is 0 Å². The smallest absolute Gasteiger partial charge is 0.254 e. The number of benzene rings is 1. The average Bonchev–Trinajstić information content (AvgIpc) is 3.01. The molecule has 1 atom stereocenters. The van der Waals surface area contributed by atoms with Crippen LogP contribution >= 0.6 is 0 Å². The minimum Gasteiger partial charge on any atom is -0.269 e. The number of hydrogen-bond donors (Lipinski definition) is 0. The fraction of sp³-hybridized carbons (Fsp3) is 0.474. The molecule has 0 radical (unpaired) electrons. The van der Waals surface area contributed by atoms with Gasteiger partial charge in [0.05, 0.1) is 6.04 Å². The Morgan fingerprint density at radius 1 is 1.00 bits per heavy atom. The van der Waals surface area contributed by atoms with Crippen molar-refractivity contribution >= 4 is 11.8 Å². The largest absolute Gasteiger partial charge is 0.269 e. The first kappa shape index (κ1) is 15.0. The van der Waals surface area contributed by atoms with E-state index in [0.717, 1.165) is 12.8 Å². The molecule has 1 aliphatic heterocycles. The van der Waals surface area contributed by atoms with Gasteiger partial charge < -0.3 is 0 Å². The van der Waals surface area contributed by atoms with Gasteiger partial charge in [-0.3, -0.25) is 14.5 Å². The first-order valence-electron chi connectivity index (χ1n) is 8.12. The summed E-state index contributed by atoms with van der Waals surface area (Å²) in [7, 11) is 0. The summed E-state index contributed by atoms with van der Waals surface area (Å²) >= 11 is 0. The molecule has 3 rings (SSSR count). The van der Waals surface area contributed by atoms with Crippen LogP contribution in [0.4, 0.5) is 0 Å². The molecule has 0 N–H and O–H groups in total. The average molecular weight is 297 g/mol. The van der Waals surface area contributed by atoms with Crippen molar-refractivity contribution in [3.63, 3.8) is 0 Å². The Morgan fingerprint density at radius 2 is 1.64 bits per heavy atom. The van der Waals surface area contributed by atoms with Crippen LogP contribution in [0.5, 0.6) is 0 Å². The van der Waals surface area contributed by atoms with E-state index in [1.54, 1.807) is 0 Å². The minimum absolute atomic E-state index is 0.0939. The molecule has 2 amide bonds. The summed E-state index contributed by atoms with van der Waals surface area (Å²) in [6.45, 7) is 8.77. The number of amides is 2. The lowest BCUT2D eigenvalue weighted by atomic mass is 9.87. The molecule has 0 aromatic heterocycles. The molecule has 2 aliphatic rings. The number of fused-ring (bicyclic) bond motifs is 1. The predicted molar refractivity (Wildman–Crippen MR) is 86.7 cm³/mol. The third kappa shape index (κ3) is 2.29. The SMILES string of the molecule is CC(C)c1cc2c(c(C(C)C)c1)[C@@H](N1C(=O)C=CC1=O)CC2. The molecule has 22 heavy (non-hydrogen) atoms. The molecule has 1 aromatic rings. The summed E-state index contributed by atoms with van der Waals surface area (Å²) < 4.78 is 0. The molecule has 0 unspecified atom stereocenters. The highest BCUT2D eigenvalue weighted by Gasteiger charge is 2.38. The van der Waals surface area contributed by atoms with Crippen LogP contribution in [0.1, 0.15) is 74.2 Å². The fourth-order valence-electron chi connectivity index (χ4n) is 3.60. The van der Waals surface area contributed by atoms with Crippen molar-refractivity contribution in [1.29, 1.82) is 0 Å². The highest BCUT2D eigenvalue weighted by atomic mass is 16.2. The van der Waals surface area contributed by atoms with E-state index in [1.807, 2.05) is 0 Å². The van der Waals surface area contributed by atoms with Gasteiger partial charge in [-0.2, -0.15) is 0 Å². The molecule has 3 nitrogen and oxygen atoms in total. The van der Waals surface area contributed by atoms with Crippen molar-refractivity contribution in [2.24, 2.45) is 0 Å². The van der Waals surface area contributed by atoms with Crippen molar-refractivity contribution < 1.29 is 9.59 Å². The lowest BCUT2D eigenvalue weighted by Crippen LogP contribution is -2.33.